The zero-order valence-corrected chi connectivity index (χ0v) is 12.4. The van der Waals surface area contributed by atoms with Gasteiger partial charge in [-0.2, -0.15) is 5.10 Å². The largest absolute Gasteiger partial charge is 0.348 e. The molecular weight excluding hydrogens is 254 g/mol. The zero-order chi connectivity index (χ0) is 14.0. The fourth-order valence-electron chi connectivity index (χ4n) is 3.36. The Hall–Kier alpha value is -0.910. The van der Waals surface area contributed by atoms with Gasteiger partial charge in [0, 0.05) is 37.0 Å². The Kier molecular flexibility index (Phi) is 4.10. The summed E-state index contributed by atoms with van der Waals surface area (Å²) in [5.41, 5.74) is 2.26. The van der Waals surface area contributed by atoms with Gasteiger partial charge in [0.15, 0.2) is 5.79 Å². The van der Waals surface area contributed by atoms with Crippen molar-refractivity contribution in [2.24, 2.45) is 0 Å². The van der Waals surface area contributed by atoms with Crippen LogP contribution in [0.1, 0.15) is 44.0 Å². The van der Waals surface area contributed by atoms with Crippen molar-refractivity contribution >= 4 is 0 Å². The summed E-state index contributed by atoms with van der Waals surface area (Å²) in [7, 11) is 0. The lowest BCUT2D eigenvalue weighted by atomic mass is 9.89. The number of H-pyrrole nitrogens is 1. The second-order valence-electron chi connectivity index (χ2n) is 6.20. The smallest absolute Gasteiger partial charge is 0.168 e. The number of nitrogens with one attached hydrogen (secondary N) is 2. The highest BCUT2D eigenvalue weighted by Gasteiger charge is 2.40. The number of aromatic amines is 1. The molecule has 5 nitrogen and oxygen atoms in total. The zero-order valence-electron chi connectivity index (χ0n) is 12.4. The van der Waals surface area contributed by atoms with E-state index >= 15 is 0 Å². The minimum Gasteiger partial charge on any atom is -0.348 e. The number of rotatable bonds is 4. The molecule has 1 aromatic rings. The number of ether oxygens (including phenoxy) is 2. The van der Waals surface area contributed by atoms with Crippen molar-refractivity contribution in [3.05, 3.63) is 17.5 Å². The van der Waals surface area contributed by atoms with Crippen LogP contribution in [-0.2, 0) is 15.9 Å². The van der Waals surface area contributed by atoms with E-state index in [-0.39, 0.29) is 5.79 Å². The van der Waals surface area contributed by atoms with Gasteiger partial charge in [-0.25, -0.2) is 0 Å². The van der Waals surface area contributed by atoms with Crippen molar-refractivity contribution in [3.8, 4) is 0 Å². The molecular formula is C15H25N3O2. The molecule has 1 saturated carbocycles. The molecule has 1 saturated heterocycles. The predicted molar refractivity (Wildman–Crippen MR) is 76.5 cm³/mol. The first-order chi connectivity index (χ1) is 9.65. The number of aromatic nitrogens is 2. The van der Waals surface area contributed by atoms with E-state index in [4.69, 9.17) is 9.47 Å². The van der Waals surface area contributed by atoms with Crippen molar-refractivity contribution in [1.29, 1.82) is 0 Å². The van der Waals surface area contributed by atoms with Gasteiger partial charge in [0.25, 0.3) is 0 Å². The summed E-state index contributed by atoms with van der Waals surface area (Å²) in [5.74, 6) is -0.249. The predicted octanol–water partition coefficient (Wildman–Crippen LogP) is 1.92. The van der Waals surface area contributed by atoms with Crippen LogP contribution in [0.4, 0.5) is 0 Å². The van der Waals surface area contributed by atoms with Gasteiger partial charge in [0.05, 0.1) is 18.9 Å². The summed E-state index contributed by atoms with van der Waals surface area (Å²) in [6.07, 6.45) is 5.25. The molecule has 0 amide bonds. The van der Waals surface area contributed by atoms with E-state index in [9.17, 15) is 0 Å². The Bertz CT molecular complexity index is 430. The SMILES string of the molecule is Cc1cc(CC(C)NC2CCC3(CC2)OCCO3)n[nH]1. The maximum Gasteiger partial charge on any atom is 0.168 e. The van der Waals surface area contributed by atoms with E-state index < -0.39 is 0 Å². The van der Waals surface area contributed by atoms with Gasteiger partial charge < -0.3 is 14.8 Å². The number of hydrogen-bond acceptors (Lipinski definition) is 4. The van der Waals surface area contributed by atoms with Crippen LogP contribution < -0.4 is 5.32 Å². The third kappa shape index (κ3) is 3.22. The monoisotopic (exact) mass is 279 g/mol. The van der Waals surface area contributed by atoms with Crippen LogP contribution in [0.3, 0.4) is 0 Å². The third-order valence-electron chi connectivity index (χ3n) is 4.36. The second kappa shape index (κ2) is 5.84. The summed E-state index contributed by atoms with van der Waals surface area (Å²) in [4.78, 5) is 0. The fourth-order valence-corrected chi connectivity index (χ4v) is 3.36. The van der Waals surface area contributed by atoms with Crippen LogP contribution in [0.25, 0.3) is 0 Å². The highest BCUT2D eigenvalue weighted by Crippen LogP contribution is 2.35. The summed E-state index contributed by atoms with van der Waals surface area (Å²) in [5, 5.41) is 11.0. The van der Waals surface area contributed by atoms with Crippen LogP contribution in [-0.4, -0.2) is 41.3 Å². The standard InChI is InChI=1S/C15H25N3O2/c1-11(9-14-10-12(2)17-18-14)16-13-3-5-15(6-4-13)19-7-8-20-15/h10-11,13,16H,3-9H2,1-2H3,(H,17,18). The first-order valence-electron chi connectivity index (χ1n) is 7.70. The highest BCUT2D eigenvalue weighted by atomic mass is 16.7. The molecule has 0 radical (unpaired) electrons. The molecule has 1 atom stereocenters. The Labute approximate surface area is 120 Å². The Morgan fingerprint density at radius 3 is 2.70 bits per heavy atom. The Morgan fingerprint density at radius 1 is 1.40 bits per heavy atom. The molecule has 0 bridgehead atoms. The normalized spacial score (nSPS) is 24.3. The van der Waals surface area contributed by atoms with E-state index in [1.54, 1.807) is 0 Å². The van der Waals surface area contributed by atoms with E-state index in [0.717, 1.165) is 56.7 Å². The molecule has 1 aliphatic heterocycles. The maximum absolute atomic E-state index is 5.77. The molecule has 2 aliphatic rings. The quantitative estimate of drug-likeness (QED) is 0.884. The molecule has 1 unspecified atom stereocenters. The van der Waals surface area contributed by atoms with Crippen LogP contribution in [0, 0.1) is 6.92 Å². The van der Waals surface area contributed by atoms with E-state index in [1.165, 1.54) is 0 Å². The average molecular weight is 279 g/mol. The van der Waals surface area contributed by atoms with Gasteiger partial charge in [-0.1, -0.05) is 0 Å². The van der Waals surface area contributed by atoms with Crippen LogP contribution in [0.5, 0.6) is 0 Å². The molecule has 5 heteroatoms. The molecule has 1 aromatic heterocycles. The van der Waals surface area contributed by atoms with E-state index in [0.29, 0.717) is 12.1 Å². The minimum absolute atomic E-state index is 0.249. The first-order valence-corrected chi connectivity index (χ1v) is 7.70. The van der Waals surface area contributed by atoms with Gasteiger partial charge >= 0.3 is 0 Å². The summed E-state index contributed by atoms with van der Waals surface area (Å²) >= 11 is 0. The van der Waals surface area contributed by atoms with E-state index in [2.05, 4.69) is 28.5 Å². The minimum atomic E-state index is -0.249. The summed E-state index contributed by atoms with van der Waals surface area (Å²) < 4.78 is 11.5. The van der Waals surface area contributed by atoms with Crippen LogP contribution in [0.2, 0.25) is 0 Å². The van der Waals surface area contributed by atoms with Gasteiger partial charge in [0.2, 0.25) is 0 Å². The first kappa shape index (κ1) is 14.0. The summed E-state index contributed by atoms with van der Waals surface area (Å²) in [6, 6.07) is 3.14. The van der Waals surface area contributed by atoms with Crippen LogP contribution in [0.15, 0.2) is 6.07 Å². The number of hydrogen-bond donors (Lipinski definition) is 2. The van der Waals surface area contributed by atoms with Crippen molar-refractivity contribution in [3.63, 3.8) is 0 Å². The molecule has 1 aliphatic carbocycles. The molecule has 20 heavy (non-hydrogen) atoms. The van der Waals surface area contributed by atoms with E-state index in [1.807, 2.05) is 6.92 Å². The molecule has 0 aromatic carbocycles. The molecule has 2 heterocycles. The molecule has 112 valence electrons. The van der Waals surface area contributed by atoms with Gasteiger partial charge in [-0.3, -0.25) is 5.10 Å². The van der Waals surface area contributed by atoms with Crippen molar-refractivity contribution in [2.45, 2.75) is 63.8 Å². The molecule has 3 rings (SSSR count). The second-order valence-corrected chi connectivity index (χ2v) is 6.20. The third-order valence-corrected chi connectivity index (χ3v) is 4.36. The maximum atomic E-state index is 5.77. The fraction of sp³-hybridized carbons (Fsp3) is 0.800. The topological polar surface area (TPSA) is 59.2 Å². The van der Waals surface area contributed by atoms with Gasteiger partial charge in [-0.05, 0) is 32.8 Å². The van der Waals surface area contributed by atoms with Crippen LogP contribution >= 0.6 is 0 Å². The van der Waals surface area contributed by atoms with Crippen molar-refractivity contribution in [1.82, 2.24) is 15.5 Å². The lowest BCUT2D eigenvalue weighted by molar-refractivity contribution is -0.179. The summed E-state index contributed by atoms with van der Waals surface area (Å²) in [6.45, 7) is 5.79. The molecule has 2 fully saturated rings. The lowest BCUT2D eigenvalue weighted by Crippen LogP contribution is -2.45. The molecule has 1 spiro atoms. The Balaban J connectivity index is 1.44. The van der Waals surface area contributed by atoms with Gasteiger partial charge in [0.1, 0.15) is 0 Å². The van der Waals surface area contributed by atoms with Gasteiger partial charge in [-0.15, -0.1) is 0 Å². The molecule has 2 N–H and O–H groups in total. The Morgan fingerprint density at radius 2 is 2.10 bits per heavy atom. The number of nitrogens with zero attached hydrogens (tertiary/aromatic N) is 1. The highest BCUT2D eigenvalue weighted by molar-refractivity contribution is 5.08. The lowest BCUT2D eigenvalue weighted by Gasteiger charge is -2.36. The number of aryl methyl sites for hydroxylation is 1. The van der Waals surface area contributed by atoms with Crippen molar-refractivity contribution in [2.75, 3.05) is 13.2 Å². The van der Waals surface area contributed by atoms with Crippen molar-refractivity contribution < 1.29 is 9.47 Å². The average Bonchev–Trinajstić information content (AvgIpc) is 3.03.